The van der Waals surface area contributed by atoms with E-state index in [1.807, 2.05) is 6.92 Å². The summed E-state index contributed by atoms with van der Waals surface area (Å²) in [5.41, 5.74) is -1.45. The first-order valence-corrected chi connectivity index (χ1v) is 8.34. The summed E-state index contributed by atoms with van der Waals surface area (Å²) in [6.45, 7) is 2.75. The van der Waals surface area contributed by atoms with E-state index < -0.39 is 23.3 Å². The fraction of sp³-hybridized carbons (Fsp3) is 0.722. The molecule has 0 aliphatic carbocycles. The molecule has 1 atom stereocenters. The van der Waals surface area contributed by atoms with Crippen molar-refractivity contribution in [3.8, 4) is 12.3 Å². The minimum Gasteiger partial charge on any atom is -0.481 e. The van der Waals surface area contributed by atoms with Crippen molar-refractivity contribution >= 4 is 17.9 Å². The first-order chi connectivity index (χ1) is 11.4. The largest absolute Gasteiger partial charge is 0.481 e. The van der Waals surface area contributed by atoms with Gasteiger partial charge >= 0.3 is 17.9 Å². The Bertz CT molecular complexity index is 451. The number of carbonyl (C=O) groups is 3. The summed E-state index contributed by atoms with van der Waals surface area (Å²) in [4.78, 5) is 34.6. The number of hydrogen-bond donors (Lipinski definition) is 1. The van der Waals surface area contributed by atoms with Gasteiger partial charge in [0.05, 0.1) is 0 Å². The molecule has 0 saturated carbocycles. The highest BCUT2D eigenvalue weighted by molar-refractivity contribution is 5.76. The third-order valence-corrected chi connectivity index (χ3v) is 3.56. The van der Waals surface area contributed by atoms with Crippen LogP contribution in [-0.2, 0) is 23.9 Å². The van der Waals surface area contributed by atoms with E-state index >= 15 is 0 Å². The highest BCUT2D eigenvalue weighted by Gasteiger charge is 2.36. The summed E-state index contributed by atoms with van der Waals surface area (Å²) in [7, 11) is 0. The Balaban J connectivity index is 4.25. The Morgan fingerprint density at radius 1 is 1.00 bits per heavy atom. The Morgan fingerprint density at radius 2 is 1.50 bits per heavy atom. The Kier molecular flexibility index (Phi) is 11.4. The number of esters is 2. The Morgan fingerprint density at radius 3 is 1.92 bits per heavy atom. The summed E-state index contributed by atoms with van der Waals surface area (Å²) in [6.07, 6.45) is 10.1. The van der Waals surface area contributed by atoms with Gasteiger partial charge in [-0.2, -0.15) is 0 Å². The van der Waals surface area contributed by atoms with E-state index in [-0.39, 0.29) is 26.1 Å². The molecule has 0 aromatic rings. The first kappa shape index (κ1) is 22.0. The molecule has 24 heavy (non-hydrogen) atoms. The van der Waals surface area contributed by atoms with Gasteiger partial charge in [0, 0.05) is 19.3 Å². The smallest absolute Gasteiger partial charge is 0.316 e. The van der Waals surface area contributed by atoms with Crippen LogP contribution in [0.4, 0.5) is 0 Å². The van der Waals surface area contributed by atoms with Gasteiger partial charge in [-0.05, 0) is 26.2 Å². The van der Waals surface area contributed by atoms with Crippen molar-refractivity contribution in [2.24, 2.45) is 5.41 Å². The van der Waals surface area contributed by atoms with E-state index in [1.54, 1.807) is 0 Å². The molecule has 0 amide bonds. The maximum absolute atomic E-state index is 11.6. The van der Waals surface area contributed by atoms with Crippen molar-refractivity contribution < 1.29 is 29.0 Å². The molecule has 6 heteroatoms. The lowest BCUT2D eigenvalue weighted by atomic mass is 9.93. The zero-order valence-corrected chi connectivity index (χ0v) is 14.6. The molecule has 0 spiro atoms. The maximum atomic E-state index is 11.6. The normalized spacial score (nSPS) is 12.7. The quantitative estimate of drug-likeness (QED) is 0.315. The summed E-state index contributed by atoms with van der Waals surface area (Å²) in [5, 5.41) is 9.31. The van der Waals surface area contributed by atoms with Gasteiger partial charge in [-0.3, -0.25) is 14.4 Å². The molecule has 0 aromatic carbocycles. The van der Waals surface area contributed by atoms with Crippen LogP contribution in [0.2, 0.25) is 0 Å². The van der Waals surface area contributed by atoms with E-state index in [9.17, 15) is 19.5 Å². The van der Waals surface area contributed by atoms with Crippen LogP contribution in [0.25, 0.3) is 0 Å². The van der Waals surface area contributed by atoms with Crippen LogP contribution in [0, 0.1) is 17.8 Å². The second kappa shape index (κ2) is 12.4. The number of carboxylic acids is 1. The molecule has 0 rings (SSSR count). The summed E-state index contributed by atoms with van der Waals surface area (Å²) in [6, 6.07) is 0. The average Bonchev–Trinajstić information content (AvgIpc) is 2.55. The zero-order valence-electron chi connectivity index (χ0n) is 14.6. The van der Waals surface area contributed by atoms with Crippen LogP contribution in [0.3, 0.4) is 0 Å². The number of terminal acetylenes is 1. The minimum atomic E-state index is -1.45. The number of rotatable bonds is 13. The third kappa shape index (κ3) is 9.88. The molecule has 136 valence electrons. The summed E-state index contributed by atoms with van der Waals surface area (Å²) < 4.78 is 10.0. The van der Waals surface area contributed by atoms with E-state index in [1.165, 1.54) is 6.92 Å². The second-order valence-corrected chi connectivity index (χ2v) is 6.06. The Hall–Kier alpha value is -2.03. The lowest BCUT2D eigenvalue weighted by molar-refractivity contribution is -0.165. The van der Waals surface area contributed by atoms with Crippen LogP contribution < -0.4 is 0 Å². The predicted molar refractivity (Wildman–Crippen MR) is 89.1 cm³/mol. The number of aliphatic carboxylic acids is 1. The number of unbranched alkanes of at least 4 members (excludes halogenated alkanes) is 4. The molecule has 0 bridgehead atoms. The fourth-order valence-corrected chi connectivity index (χ4v) is 1.80. The molecular formula is C18H28O6. The van der Waals surface area contributed by atoms with Gasteiger partial charge in [0.25, 0.3) is 0 Å². The highest BCUT2D eigenvalue weighted by atomic mass is 16.6. The molecule has 0 radical (unpaired) electrons. The molecule has 0 saturated heterocycles. The molecule has 0 aliphatic rings. The summed E-state index contributed by atoms with van der Waals surface area (Å²) in [5.74, 6) is 0.391. The van der Waals surface area contributed by atoms with E-state index in [0.717, 1.165) is 19.3 Å². The lowest BCUT2D eigenvalue weighted by Gasteiger charge is -2.24. The second-order valence-electron chi connectivity index (χ2n) is 6.06. The van der Waals surface area contributed by atoms with Crippen molar-refractivity contribution in [3.05, 3.63) is 0 Å². The standard InChI is InChI=1S/C18H28O6/c1-4-6-8-10-12-16(20)24-14-18(3,17(21)22)13-23-15(19)11-9-7-5-2/h1H,5-14H2,2-3H3,(H,21,22). The monoisotopic (exact) mass is 340 g/mol. The van der Waals surface area contributed by atoms with Crippen molar-refractivity contribution in [3.63, 3.8) is 0 Å². The van der Waals surface area contributed by atoms with Crippen molar-refractivity contribution in [1.82, 2.24) is 0 Å². The number of ether oxygens (including phenoxy) is 2. The number of carbonyl (C=O) groups excluding carboxylic acids is 2. The van der Waals surface area contributed by atoms with E-state index in [2.05, 4.69) is 5.92 Å². The van der Waals surface area contributed by atoms with Gasteiger partial charge in [0.15, 0.2) is 0 Å². The van der Waals surface area contributed by atoms with Crippen LogP contribution in [0.15, 0.2) is 0 Å². The zero-order chi connectivity index (χ0) is 18.4. The molecule has 0 heterocycles. The van der Waals surface area contributed by atoms with Gasteiger partial charge in [0.2, 0.25) is 0 Å². The molecule has 0 aromatic heterocycles. The van der Waals surface area contributed by atoms with Crippen LogP contribution in [0.1, 0.15) is 65.2 Å². The highest BCUT2D eigenvalue weighted by Crippen LogP contribution is 2.19. The van der Waals surface area contributed by atoms with Crippen molar-refractivity contribution in [1.29, 1.82) is 0 Å². The SMILES string of the molecule is C#CCCCCC(=O)OCC(C)(COC(=O)CCCCC)C(=O)O. The molecule has 1 unspecified atom stereocenters. The number of carboxylic acid groups (broad SMARTS) is 1. The van der Waals surface area contributed by atoms with Gasteiger partial charge in [0.1, 0.15) is 18.6 Å². The number of hydrogen-bond acceptors (Lipinski definition) is 5. The first-order valence-electron chi connectivity index (χ1n) is 8.34. The fourth-order valence-electron chi connectivity index (χ4n) is 1.80. The lowest BCUT2D eigenvalue weighted by Crippen LogP contribution is -2.39. The van der Waals surface area contributed by atoms with Crippen LogP contribution in [-0.4, -0.2) is 36.2 Å². The summed E-state index contributed by atoms with van der Waals surface area (Å²) >= 11 is 0. The van der Waals surface area contributed by atoms with Gasteiger partial charge in [-0.15, -0.1) is 12.3 Å². The van der Waals surface area contributed by atoms with E-state index in [0.29, 0.717) is 19.3 Å². The minimum absolute atomic E-state index is 0.189. The molecular weight excluding hydrogens is 312 g/mol. The van der Waals surface area contributed by atoms with Crippen LogP contribution in [0.5, 0.6) is 0 Å². The van der Waals surface area contributed by atoms with Gasteiger partial charge < -0.3 is 14.6 Å². The average molecular weight is 340 g/mol. The maximum Gasteiger partial charge on any atom is 0.316 e. The molecule has 0 fully saturated rings. The third-order valence-electron chi connectivity index (χ3n) is 3.56. The van der Waals surface area contributed by atoms with Crippen molar-refractivity contribution in [2.75, 3.05) is 13.2 Å². The molecule has 6 nitrogen and oxygen atoms in total. The topological polar surface area (TPSA) is 89.9 Å². The molecule has 1 N–H and O–H groups in total. The van der Waals surface area contributed by atoms with Crippen LogP contribution >= 0.6 is 0 Å². The van der Waals surface area contributed by atoms with Crippen molar-refractivity contribution in [2.45, 2.75) is 65.2 Å². The van der Waals surface area contributed by atoms with E-state index in [4.69, 9.17) is 15.9 Å². The van der Waals surface area contributed by atoms with Gasteiger partial charge in [-0.1, -0.05) is 19.8 Å². The van der Waals surface area contributed by atoms with Gasteiger partial charge in [-0.25, -0.2) is 0 Å². The predicted octanol–water partition coefficient (Wildman–Crippen LogP) is 2.94. The molecule has 0 aliphatic heterocycles. The Labute approximate surface area is 143 Å².